The van der Waals surface area contributed by atoms with Gasteiger partial charge in [0.05, 0.1) is 4.34 Å². The first-order valence-electron chi connectivity index (χ1n) is 6.79. The van der Waals surface area contributed by atoms with E-state index in [4.69, 9.17) is 16.3 Å². The third kappa shape index (κ3) is 3.56. The molecular weight excluding hydrogens is 316 g/mol. The lowest BCUT2D eigenvalue weighted by Crippen LogP contribution is -2.02. The third-order valence-corrected chi connectivity index (χ3v) is 4.42. The smallest absolute Gasteiger partial charge is 0.348 e. The molecular formula is C18H13ClO2S. The van der Waals surface area contributed by atoms with Crippen LogP contribution < -0.4 is 0 Å². The lowest BCUT2D eigenvalue weighted by Gasteiger charge is -2.05. The summed E-state index contributed by atoms with van der Waals surface area (Å²) in [6.45, 7) is 0.253. The predicted octanol–water partition coefficient (Wildman–Crippen LogP) is 5.43. The number of carbonyl (C=O) groups excluding carboxylic acids is 1. The number of esters is 1. The van der Waals surface area contributed by atoms with Crippen LogP contribution in [0.15, 0.2) is 66.7 Å². The van der Waals surface area contributed by atoms with Crippen LogP contribution in [0.1, 0.15) is 15.2 Å². The zero-order valence-electron chi connectivity index (χ0n) is 11.7. The molecule has 0 radical (unpaired) electrons. The second-order valence-electron chi connectivity index (χ2n) is 4.74. The largest absolute Gasteiger partial charge is 0.457 e. The summed E-state index contributed by atoms with van der Waals surface area (Å²) in [7, 11) is 0. The van der Waals surface area contributed by atoms with Crippen molar-refractivity contribution in [3.05, 3.63) is 81.5 Å². The molecule has 2 aromatic carbocycles. The fraction of sp³-hybridized carbons (Fsp3) is 0.0556. The Balaban J connectivity index is 1.63. The predicted molar refractivity (Wildman–Crippen MR) is 90.3 cm³/mol. The van der Waals surface area contributed by atoms with Crippen LogP contribution in [0.3, 0.4) is 0 Å². The van der Waals surface area contributed by atoms with Gasteiger partial charge in [-0.1, -0.05) is 66.2 Å². The lowest BCUT2D eigenvalue weighted by molar-refractivity contribution is 0.0478. The number of halogens is 1. The summed E-state index contributed by atoms with van der Waals surface area (Å²) in [4.78, 5) is 12.4. The van der Waals surface area contributed by atoms with E-state index < -0.39 is 0 Å². The summed E-state index contributed by atoms with van der Waals surface area (Å²) < 4.78 is 5.87. The number of hydrogen-bond acceptors (Lipinski definition) is 3. The molecule has 4 heteroatoms. The quantitative estimate of drug-likeness (QED) is 0.597. The highest BCUT2D eigenvalue weighted by Gasteiger charge is 2.10. The van der Waals surface area contributed by atoms with Gasteiger partial charge in [0.1, 0.15) is 11.5 Å². The molecule has 0 saturated heterocycles. The second-order valence-corrected chi connectivity index (χ2v) is 6.46. The summed E-state index contributed by atoms with van der Waals surface area (Å²) >= 11 is 7.03. The first kappa shape index (κ1) is 14.8. The Labute approximate surface area is 137 Å². The van der Waals surface area contributed by atoms with Gasteiger partial charge in [-0.2, -0.15) is 0 Å². The van der Waals surface area contributed by atoms with Crippen LogP contribution >= 0.6 is 22.9 Å². The molecule has 3 rings (SSSR count). The van der Waals surface area contributed by atoms with E-state index in [2.05, 4.69) is 12.1 Å². The lowest BCUT2D eigenvalue weighted by atomic mass is 10.0. The van der Waals surface area contributed by atoms with Crippen molar-refractivity contribution < 1.29 is 9.53 Å². The summed E-state index contributed by atoms with van der Waals surface area (Å²) in [6.07, 6.45) is 0. The minimum Gasteiger partial charge on any atom is -0.457 e. The number of rotatable bonds is 4. The fourth-order valence-corrected chi connectivity index (χ4v) is 3.00. The number of ether oxygens (including phenoxy) is 1. The normalized spacial score (nSPS) is 10.4. The number of carbonyl (C=O) groups is 1. The maximum atomic E-state index is 11.8. The molecule has 1 heterocycles. The molecule has 1 aromatic heterocycles. The van der Waals surface area contributed by atoms with Crippen LogP contribution in [0.5, 0.6) is 0 Å². The Morgan fingerprint density at radius 3 is 2.23 bits per heavy atom. The summed E-state index contributed by atoms with van der Waals surface area (Å²) in [5.74, 6) is -0.343. The Morgan fingerprint density at radius 2 is 1.59 bits per heavy atom. The van der Waals surface area contributed by atoms with Gasteiger partial charge in [-0.25, -0.2) is 4.79 Å². The van der Waals surface area contributed by atoms with Gasteiger partial charge >= 0.3 is 5.97 Å². The average molecular weight is 329 g/mol. The monoisotopic (exact) mass is 328 g/mol. The number of benzene rings is 2. The highest BCUT2D eigenvalue weighted by Crippen LogP contribution is 2.23. The van der Waals surface area contributed by atoms with Crippen LogP contribution in [-0.4, -0.2) is 5.97 Å². The van der Waals surface area contributed by atoms with Gasteiger partial charge < -0.3 is 4.74 Å². The van der Waals surface area contributed by atoms with Gasteiger partial charge in [-0.3, -0.25) is 0 Å². The molecule has 0 N–H and O–H groups in total. The average Bonchev–Trinajstić information content (AvgIpc) is 3.00. The van der Waals surface area contributed by atoms with E-state index >= 15 is 0 Å². The molecule has 22 heavy (non-hydrogen) atoms. The summed E-state index contributed by atoms with van der Waals surface area (Å²) in [5.41, 5.74) is 3.26. The Bertz CT molecular complexity index is 763. The molecule has 0 fully saturated rings. The zero-order valence-corrected chi connectivity index (χ0v) is 13.2. The van der Waals surface area contributed by atoms with Crippen LogP contribution in [-0.2, 0) is 11.3 Å². The molecule has 2 nitrogen and oxygen atoms in total. The number of thiophene rings is 1. The van der Waals surface area contributed by atoms with Crippen molar-refractivity contribution in [1.29, 1.82) is 0 Å². The van der Waals surface area contributed by atoms with Crippen LogP contribution in [0.25, 0.3) is 11.1 Å². The highest BCUT2D eigenvalue weighted by atomic mass is 35.5. The minimum absolute atomic E-state index is 0.253. The number of hydrogen-bond donors (Lipinski definition) is 0. The van der Waals surface area contributed by atoms with Gasteiger partial charge in [-0.15, -0.1) is 11.3 Å². The van der Waals surface area contributed by atoms with E-state index in [1.54, 1.807) is 12.1 Å². The molecule has 0 aliphatic heterocycles. The topological polar surface area (TPSA) is 26.3 Å². The van der Waals surface area contributed by atoms with E-state index in [0.717, 1.165) is 11.1 Å². The SMILES string of the molecule is O=C(OCc1ccc(-c2ccccc2)cc1)c1ccc(Cl)s1. The van der Waals surface area contributed by atoms with Gasteiger partial charge in [0.2, 0.25) is 0 Å². The van der Waals surface area contributed by atoms with E-state index in [1.807, 2.05) is 42.5 Å². The molecule has 3 aromatic rings. The van der Waals surface area contributed by atoms with E-state index in [9.17, 15) is 4.79 Å². The molecule has 110 valence electrons. The zero-order chi connectivity index (χ0) is 15.4. The molecule has 0 amide bonds. The van der Waals surface area contributed by atoms with Crippen LogP contribution in [0.2, 0.25) is 4.34 Å². The first-order chi connectivity index (χ1) is 10.7. The van der Waals surface area contributed by atoms with Crippen molar-refractivity contribution in [2.75, 3.05) is 0 Å². The molecule has 0 aliphatic rings. The van der Waals surface area contributed by atoms with Crippen LogP contribution in [0, 0.1) is 0 Å². The Kier molecular flexibility index (Phi) is 4.56. The van der Waals surface area contributed by atoms with Crippen molar-refractivity contribution in [3.8, 4) is 11.1 Å². The molecule has 0 spiro atoms. The summed E-state index contributed by atoms with van der Waals surface area (Å²) in [5, 5.41) is 0. The molecule has 0 saturated carbocycles. The maximum absolute atomic E-state index is 11.8. The highest BCUT2D eigenvalue weighted by molar-refractivity contribution is 7.17. The fourth-order valence-electron chi connectivity index (χ4n) is 2.07. The van der Waals surface area contributed by atoms with Crippen molar-refractivity contribution in [2.45, 2.75) is 6.61 Å². The van der Waals surface area contributed by atoms with Gasteiger partial charge in [0.25, 0.3) is 0 Å². The van der Waals surface area contributed by atoms with Crippen molar-refractivity contribution in [2.24, 2.45) is 0 Å². The molecule has 0 atom stereocenters. The van der Waals surface area contributed by atoms with Crippen molar-refractivity contribution >= 4 is 28.9 Å². The van der Waals surface area contributed by atoms with Crippen LogP contribution in [0.4, 0.5) is 0 Å². The van der Waals surface area contributed by atoms with E-state index in [1.165, 1.54) is 16.9 Å². The first-order valence-corrected chi connectivity index (χ1v) is 7.98. The Hall–Kier alpha value is -2.10. The third-order valence-electron chi connectivity index (χ3n) is 3.21. The standard InChI is InChI=1S/C18H13ClO2S/c19-17-11-10-16(22-17)18(20)21-12-13-6-8-15(9-7-13)14-4-2-1-3-5-14/h1-11H,12H2. The van der Waals surface area contributed by atoms with Gasteiger partial charge in [0.15, 0.2) is 0 Å². The minimum atomic E-state index is -0.343. The molecule has 0 unspecified atom stereocenters. The van der Waals surface area contributed by atoms with Crippen molar-refractivity contribution in [1.82, 2.24) is 0 Å². The summed E-state index contributed by atoms with van der Waals surface area (Å²) in [6, 6.07) is 21.5. The molecule has 0 bridgehead atoms. The Morgan fingerprint density at radius 1 is 0.909 bits per heavy atom. The van der Waals surface area contributed by atoms with E-state index in [0.29, 0.717) is 9.21 Å². The van der Waals surface area contributed by atoms with Gasteiger partial charge in [-0.05, 0) is 28.8 Å². The van der Waals surface area contributed by atoms with Crippen molar-refractivity contribution in [3.63, 3.8) is 0 Å². The molecule has 0 aliphatic carbocycles. The van der Waals surface area contributed by atoms with E-state index in [-0.39, 0.29) is 12.6 Å². The van der Waals surface area contributed by atoms with Gasteiger partial charge in [0, 0.05) is 0 Å². The maximum Gasteiger partial charge on any atom is 0.348 e. The second kappa shape index (κ2) is 6.77.